The second-order valence-electron chi connectivity index (χ2n) is 3.99. The second-order valence-corrected chi connectivity index (χ2v) is 3.99. The maximum absolute atomic E-state index is 11.9. The van der Waals surface area contributed by atoms with Crippen LogP contribution in [0.1, 0.15) is 23.7 Å². The molecule has 7 nitrogen and oxygen atoms in total. The molecule has 0 unspecified atom stereocenters. The van der Waals surface area contributed by atoms with Crippen molar-refractivity contribution in [2.24, 2.45) is 0 Å². The summed E-state index contributed by atoms with van der Waals surface area (Å²) in [6.07, 6.45) is 3.55. The molecule has 0 aromatic carbocycles. The van der Waals surface area contributed by atoms with Crippen molar-refractivity contribution >= 4 is 22.8 Å². The number of aromatic nitrogens is 3. The first kappa shape index (κ1) is 13.3. The molecule has 0 atom stereocenters. The number of aliphatic hydroxyl groups is 1. The zero-order valence-electron chi connectivity index (χ0n) is 10.7. The van der Waals surface area contributed by atoms with Crippen molar-refractivity contribution < 1.29 is 14.6 Å². The average Bonchev–Trinajstić information content (AvgIpc) is 2.82. The predicted octanol–water partition coefficient (Wildman–Crippen LogP) is 0.573. The Kier molecular flexibility index (Phi) is 3.96. The van der Waals surface area contributed by atoms with E-state index in [0.29, 0.717) is 29.6 Å². The summed E-state index contributed by atoms with van der Waals surface area (Å²) >= 11 is 0. The van der Waals surface area contributed by atoms with E-state index in [1.165, 1.54) is 6.20 Å². The highest BCUT2D eigenvalue weighted by atomic mass is 16.5. The summed E-state index contributed by atoms with van der Waals surface area (Å²) in [5.41, 5.74) is 7.16. The van der Waals surface area contributed by atoms with E-state index in [2.05, 4.69) is 9.97 Å². The molecule has 0 bridgehead atoms. The number of carbonyl (C=O) groups is 1. The van der Waals surface area contributed by atoms with Crippen LogP contribution < -0.4 is 5.73 Å². The smallest absolute Gasteiger partial charge is 0.341 e. The van der Waals surface area contributed by atoms with Crippen LogP contribution in [0.15, 0.2) is 12.5 Å². The van der Waals surface area contributed by atoms with Crippen LogP contribution in [-0.4, -0.2) is 38.8 Å². The van der Waals surface area contributed by atoms with Gasteiger partial charge in [0.1, 0.15) is 11.1 Å². The molecule has 7 heteroatoms. The van der Waals surface area contributed by atoms with Crippen LogP contribution in [-0.2, 0) is 11.3 Å². The van der Waals surface area contributed by atoms with E-state index in [4.69, 9.17) is 15.6 Å². The number of nitrogens with two attached hydrogens (primary N) is 1. The van der Waals surface area contributed by atoms with Crippen LogP contribution in [0.4, 0.5) is 5.82 Å². The molecule has 0 amide bonds. The molecule has 0 aliphatic carbocycles. The zero-order valence-corrected chi connectivity index (χ0v) is 10.7. The summed E-state index contributed by atoms with van der Waals surface area (Å²) in [4.78, 5) is 20.0. The Morgan fingerprint density at radius 1 is 1.53 bits per heavy atom. The number of hydrogen-bond donors (Lipinski definition) is 2. The minimum absolute atomic E-state index is 0.0645. The van der Waals surface area contributed by atoms with E-state index in [1.807, 2.05) is 0 Å². The minimum Gasteiger partial charge on any atom is -0.462 e. The molecule has 0 saturated carbocycles. The number of aryl methyl sites for hydroxylation is 1. The largest absolute Gasteiger partial charge is 0.462 e. The van der Waals surface area contributed by atoms with Gasteiger partial charge >= 0.3 is 5.97 Å². The average molecular weight is 264 g/mol. The molecule has 0 aliphatic heterocycles. The molecule has 0 saturated heterocycles. The predicted molar refractivity (Wildman–Crippen MR) is 69.6 cm³/mol. The fourth-order valence-electron chi connectivity index (χ4n) is 1.88. The maximum Gasteiger partial charge on any atom is 0.341 e. The number of fused-ring (bicyclic) bond motifs is 1. The molecule has 2 rings (SSSR count). The van der Waals surface area contributed by atoms with Gasteiger partial charge in [-0.1, -0.05) is 0 Å². The molecular formula is C12H16N4O3. The summed E-state index contributed by atoms with van der Waals surface area (Å²) in [6.45, 7) is 2.64. The number of carbonyl (C=O) groups excluding carboxylic acids is 1. The fourth-order valence-corrected chi connectivity index (χ4v) is 1.88. The normalized spacial score (nSPS) is 10.8. The maximum atomic E-state index is 11.9. The number of anilines is 1. The first-order valence-electron chi connectivity index (χ1n) is 6.06. The Morgan fingerprint density at radius 3 is 3.00 bits per heavy atom. The van der Waals surface area contributed by atoms with E-state index < -0.39 is 5.97 Å². The third-order valence-electron chi connectivity index (χ3n) is 2.72. The summed E-state index contributed by atoms with van der Waals surface area (Å²) < 4.78 is 6.77. The highest BCUT2D eigenvalue weighted by Crippen LogP contribution is 2.22. The van der Waals surface area contributed by atoms with Crippen molar-refractivity contribution in [3.63, 3.8) is 0 Å². The molecule has 0 radical (unpaired) electrons. The lowest BCUT2D eigenvalue weighted by Crippen LogP contribution is -2.10. The quantitative estimate of drug-likeness (QED) is 0.765. The number of imidazole rings is 1. The van der Waals surface area contributed by atoms with E-state index in [1.54, 1.807) is 17.8 Å². The van der Waals surface area contributed by atoms with Gasteiger partial charge in [-0.25, -0.2) is 14.8 Å². The third kappa shape index (κ3) is 2.50. The van der Waals surface area contributed by atoms with Crippen molar-refractivity contribution in [3.8, 4) is 0 Å². The SMILES string of the molecule is CCOC(=O)c1cnc(N)c2ncn(CCCO)c12. The molecule has 19 heavy (non-hydrogen) atoms. The Bertz CT molecular complexity index is 594. The number of esters is 1. The Labute approximate surface area is 110 Å². The van der Waals surface area contributed by atoms with E-state index in [0.717, 1.165) is 0 Å². The van der Waals surface area contributed by atoms with Crippen LogP contribution in [0.5, 0.6) is 0 Å². The molecule has 3 N–H and O–H groups in total. The second kappa shape index (κ2) is 5.66. The van der Waals surface area contributed by atoms with Crippen molar-refractivity contribution in [1.29, 1.82) is 0 Å². The van der Waals surface area contributed by atoms with Gasteiger partial charge in [0.15, 0.2) is 5.82 Å². The van der Waals surface area contributed by atoms with Gasteiger partial charge in [-0.2, -0.15) is 0 Å². The fraction of sp³-hybridized carbons (Fsp3) is 0.417. The summed E-state index contributed by atoms with van der Waals surface area (Å²) in [7, 11) is 0. The van der Waals surface area contributed by atoms with Gasteiger partial charge < -0.3 is 20.1 Å². The van der Waals surface area contributed by atoms with E-state index in [-0.39, 0.29) is 19.0 Å². The Hall–Kier alpha value is -2.15. The van der Waals surface area contributed by atoms with Crippen molar-refractivity contribution in [2.75, 3.05) is 18.9 Å². The van der Waals surface area contributed by atoms with Gasteiger partial charge in [0.2, 0.25) is 0 Å². The van der Waals surface area contributed by atoms with Crippen molar-refractivity contribution in [2.45, 2.75) is 19.9 Å². The lowest BCUT2D eigenvalue weighted by atomic mass is 10.2. The van der Waals surface area contributed by atoms with E-state index in [9.17, 15) is 4.79 Å². The molecule has 2 aromatic rings. The Morgan fingerprint density at radius 2 is 2.32 bits per heavy atom. The van der Waals surface area contributed by atoms with Crippen LogP contribution in [0.2, 0.25) is 0 Å². The molecule has 0 aliphatic rings. The van der Waals surface area contributed by atoms with Gasteiger partial charge in [-0.3, -0.25) is 0 Å². The summed E-state index contributed by atoms with van der Waals surface area (Å²) in [5, 5.41) is 8.89. The summed E-state index contributed by atoms with van der Waals surface area (Å²) in [6, 6.07) is 0. The van der Waals surface area contributed by atoms with Crippen molar-refractivity contribution in [3.05, 3.63) is 18.1 Å². The monoisotopic (exact) mass is 264 g/mol. The lowest BCUT2D eigenvalue weighted by Gasteiger charge is -2.08. The molecule has 0 spiro atoms. The lowest BCUT2D eigenvalue weighted by molar-refractivity contribution is 0.0528. The molecule has 2 aromatic heterocycles. The molecule has 102 valence electrons. The molecular weight excluding hydrogens is 248 g/mol. The Balaban J connectivity index is 2.53. The first-order valence-corrected chi connectivity index (χ1v) is 6.06. The first-order chi connectivity index (χ1) is 9.19. The number of ether oxygens (including phenoxy) is 1. The number of aliphatic hydroxyl groups excluding tert-OH is 1. The third-order valence-corrected chi connectivity index (χ3v) is 2.72. The van der Waals surface area contributed by atoms with Crippen LogP contribution in [0.25, 0.3) is 11.0 Å². The van der Waals surface area contributed by atoms with Gasteiger partial charge in [0, 0.05) is 19.3 Å². The topological polar surface area (TPSA) is 103 Å². The van der Waals surface area contributed by atoms with Gasteiger partial charge in [-0.15, -0.1) is 0 Å². The zero-order chi connectivity index (χ0) is 13.8. The van der Waals surface area contributed by atoms with Gasteiger partial charge in [0.05, 0.1) is 18.5 Å². The van der Waals surface area contributed by atoms with Crippen LogP contribution in [0, 0.1) is 0 Å². The van der Waals surface area contributed by atoms with Gasteiger partial charge in [-0.05, 0) is 13.3 Å². The number of rotatable bonds is 5. The molecule has 0 fully saturated rings. The number of hydrogen-bond acceptors (Lipinski definition) is 6. The standard InChI is InChI=1S/C12H16N4O3/c1-2-19-12(18)8-6-14-11(13)9-10(8)16(7-15-9)4-3-5-17/h6-7,17H,2-5H2,1H3,(H2,13,14). The highest BCUT2D eigenvalue weighted by Gasteiger charge is 2.18. The van der Waals surface area contributed by atoms with Gasteiger partial charge in [0.25, 0.3) is 0 Å². The van der Waals surface area contributed by atoms with E-state index >= 15 is 0 Å². The van der Waals surface area contributed by atoms with Crippen LogP contribution in [0.3, 0.4) is 0 Å². The number of nitrogen functional groups attached to an aromatic ring is 1. The molecule has 2 heterocycles. The number of pyridine rings is 1. The highest BCUT2D eigenvalue weighted by molar-refractivity contribution is 6.04. The number of nitrogens with zero attached hydrogens (tertiary/aromatic N) is 3. The van der Waals surface area contributed by atoms with Crippen molar-refractivity contribution in [1.82, 2.24) is 14.5 Å². The summed E-state index contributed by atoms with van der Waals surface area (Å²) in [5.74, 6) is -0.184. The van der Waals surface area contributed by atoms with Crippen LogP contribution >= 0.6 is 0 Å². The minimum atomic E-state index is -0.453.